The first-order valence-electron chi connectivity index (χ1n) is 12.5. The topological polar surface area (TPSA) is 116 Å². The number of alkyl carbamates (subject to hydrolysis) is 1. The van der Waals surface area contributed by atoms with Gasteiger partial charge in [0.1, 0.15) is 11.7 Å². The number of aromatic nitrogens is 1. The fourth-order valence-corrected chi connectivity index (χ4v) is 4.59. The molecule has 36 heavy (non-hydrogen) atoms. The molecule has 0 saturated heterocycles. The highest BCUT2D eigenvalue weighted by atomic mass is 19.1. The molecule has 2 heterocycles. The van der Waals surface area contributed by atoms with Gasteiger partial charge in [-0.05, 0) is 62.7 Å². The quantitative estimate of drug-likeness (QED) is 0.374. The van der Waals surface area contributed by atoms with Crippen LogP contribution in [0.25, 0.3) is 0 Å². The Balaban J connectivity index is 1.95. The van der Waals surface area contributed by atoms with Crippen LogP contribution in [0.5, 0.6) is 0 Å². The summed E-state index contributed by atoms with van der Waals surface area (Å²) in [5.41, 5.74) is 2.87. The van der Waals surface area contributed by atoms with Crippen LogP contribution in [0.4, 0.5) is 14.9 Å². The number of benzene rings is 1. The third kappa shape index (κ3) is 5.87. The van der Waals surface area contributed by atoms with Gasteiger partial charge in [0.25, 0.3) is 5.91 Å². The number of hydrogen-bond acceptors (Lipinski definition) is 5. The van der Waals surface area contributed by atoms with Crippen LogP contribution in [0.15, 0.2) is 18.2 Å². The van der Waals surface area contributed by atoms with E-state index in [9.17, 15) is 18.8 Å². The maximum absolute atomic E-state index is 14.1. The van der Waals surface area contributed by atoms with Crippen molar-refractivity contribution in [3.05, 3.63) is 52.1 Å². The number of hydrogen-bond donors (Lipinski definition) is 4. The van der Waals surface area contributed by atoms with E-state index in [1.165, 1.54) is 18.2 Å². The molecule has 0 saturated carbocycles. The lowest BCUT2D eigenvalue weighted by Crippen LogP contribution is -2.35. The standard InChI is InChI=1S/C26H36FN5O4/c1-6-11-29-26(35)36-23(21-18-14-17(27)9-10-19(18)31-25(21)34)22-15(4)20(16(5)30-22)24(33)28-12-13-32(7-2)8-3/h9-10,14,21,23,30H,6-8,11-13H2,1-5H3,(H,28,33)(H,29,35)(H,31,34). The molecule has 4 N–H and O–H groups in total. The summed E-state index contributed by atoms with van der Waals surface area (Å²) in [7, 11) is 0. The number of fused-ring (bicyclic) bond motifs is 1. The molecule has 0 fully saturated rings. The Labute approximate surface area is 211 Å². The summed E-state index contributed by atoms with van der Waals surface area (Å²) < 4.78 is 19.9. The first kappa shape index (κ1) is 27.2. The van der Waals surface area contributed by atoms with Gasteiger partial charge in [0.15, 0.2) is 6.10 Å². The number of rotatable bonds is 11. The third-order valence-corrected chi connectivity index (χ3v) is 6.54. The number of nitrogens with one attached hydrogen (secondary N) is 4. The van der Waals surface area contributed by atoms with Crippen molar-refractivity contribution in [3.8, 4) is 0 Å². The summed E-state index contributed by atoms with van der Waals surface area (Å²) in [5.74, 6) is -2.16. The average Bonchev–Trinajstić information content (AvgIpc) is 3.33. The molecular weight excluding hydrogens is 465 g/mol. The fraction of sp³-hybridized carbons (Fsp3) is 0.500. The van der Waals surface area contributed by atoms with Crippen LogP contribution in [0.1, 0.15) is 72.1 Å². The van der Waals surface area contributed by atoms with E-state index in [0.717, 1.165) is 19.6 Å². The van der Waals surface area contributed by atoms with Gasteiger partial charge < -0.3 is 30.6 Å². The minimum absolute atomic E-state index is 0.254. The average molecular weight is 502 g/mol. The largest absolute Gasteiger partial charge is 0.439 e. The number of likely N-dealkylation sites (N-methyl/N-ethyl adjacent to an activating group) is 1. The molecule has 10 heteroatoms. The molecule has 0 aliphatic carbocycles. The number of halogens is 1. The van der Waals surface area contributed by atoms with Gasteiger partial charge in [0.2, 0.25) is 5.91 Å². The van der Waals surface area contributed by atoms with Crippen LogP contribution < -0.4 is 16.0 Å². The summed E-state index contributed by atoms with van der Waals surface area (Å²) in [4.78, 5) is 44.0. The number of carbonyl (C=O) groups is 3. The number of carbonyl (C=O) groups excluding carboxylic acids is 3. The Bertz CT molecular complexity index is 1110. The summed E-state index contributed by atoms with van der Waals surface area (Å²) in [6.45, 7) is 12.9. The number of anilines is 1. The van der Waals surface area contributed by atoms with Crippen LogP contribution in [0.2, 0.25) is 0 Å². The van der Waals surface area contributed by atoms with Gasteiger partial charge in [-0.25, -0.2) is 9.18 Å². The smallest absolute Gasteiger partial charge is 0.407 e. The summed E-state index contributed by atoms with van der Waals surface area (Å²) in [6.07, 6.45) is -1.09. The first-order valence-corrected chi connectivity index (χ1v) is 12.5. The number of aryl methyl sites for hydroxylation is 1. The Morgan fingerprint density at radius 1 is 1.14 bits per heavy atom. The van der Waals surface area contributed by atoms with Gasteiger partial charge in [0.05, 0.1) is 11.3 Å². The Hall–Kier alpha value is -3.40. The van der Waals surface area contributed by atoms with E-state index in [1.807, 2.05) is 6.92 Å². The lowest BCUT2D eigenvalue weighted by atomic mass is 9.90. The summed E-state index contributed by atoms with van der Waals surface area (Å²) >= 11 is 0. The van der Waals surface area contributed by atoms with Gasteiger partial charge in [-0.3, -0.25) is 9.59 Å². The predicted octanol–water partition coefficient (Wildman–Crippen LogP) is 3.76. The van der Waals surface area contributed by atoms with Crippen molar-refractivity contribution in [1.29, 1.82) is 0 Å². The lowest BCUT2D eigenvalue weighted by molar-refractivity contribution is -0.119. The second kappa shape index (κ2) is 12.0. The first-order chi connectivity index (χ1) is 17.2. The maximum atomic E-state index is 14.1. The minimum atomic E-state index is -1.10. The zero-order valence-electron chi connectivity index (χ0n) is 21.6. The zero-order valence-corrected chi connectivity index (χ0v) is 21.6. The molecule has 196 valence electrons. The van der Waals surface area contributed by atoms with Crippen LogP contribution in [-0.4, -0.2) is 60.5 Å². The molecule has 3 rings (SSSR count). The number of nitrogens with zero attached hydrogens (tertiary/aromatic N) is 1. The molecule has 9 nitrogen and oxygen atoms in total. The monoisotopic (exact) mass is 501 g/mol. The number of aromatic amines is 1. The van der Waals surface area contributed by atoms with Crippen LogP contribution in [0.3, 0.4) is 0 Å². The van der Waals surface area contributed by atoms with E-state index in [0.29, 0.717) is 53.3 Å². The third-order valence-electron chi connectivity index (χ3n) is 6.54. The molecule has 1 aliphatic rings. The molecular formula is C26H36FN5O4. The molecule has 2 unspecified atom stereocenters. The Morgan fingerprint density at radius 2 is 1.86 bits per heavy atom. The summed E-state index contributed by atoms with van der Waals surface area (Å²) in [5, 5.41) is 8.35. The van der Waals surface area contributed by atoms with Crippen molar-refractivity contribution in [1.82, 2.24) is 20.5 Å². The highest BCUT2D eigenvalue weighted by Crippen LogP contribution is 2.44. The van der Waals surface area contributed by atoms with Crippen molar-refractivity contribution in [3.63, 3.8) is 0 Å². The van der Waals surface area contributed by atoms with Gasteiger partial charge in [-0.15, -0.1) is 0 Å². The number of amides is 3. The van der Waals surface area contributed by atoms with Gasteiger partial charge in [-0.2, -0.15) is 0 Å². The highest BCUT2D eigenvalue weighted by Gasteiger charge is 2.42. The van der Waals surface area contributed by atoms with E-state index in [4.69, 9.17) is 4.74 Å². The fourth-order valence-electron chi connectivity index (χ4n) is 4.59. The van der Waals surface area contributed by atoms with Crippen molar-refractivity contribution < 1.29 is 23.5 Å². The maximum Gasteiger partial charge on any atom is 0.407 e. The Morgan fingerprint density at radius 3 is 2.53 bits per heavy atom. The van der Waals surface area contributed by atoms with Crippen molar-refractivity contribution in [2.75, 3.05) is 38.0 Å². The van der Waals surface area contributed by atoms with E-state index in [-0.39, 0.29) is 5.91 Å². The van der Waals surface area contributed by atoms with E-state index < -0.39 is 29.8 Å². The molecule has 2 atom stereocenters. The lowest BCUT2D eigenvalue weighted by Gasteiger charge is -2.23. The van der Waals surface area contributed by atoms with Gasteiger partial charge in [-0.1, -0.05) is 20.8 Å². The molecule has 1 aromatic carbocycles. The van der Waals surface area contributed by atoms with Crippen molar-refractivity contribution in [2.45, 2.75) is 53.1 Å². The summed E-state index contributed by atoms with van der Waals surface area (Å²) in [6, 6.07) is 4.01. The minimum Gasteiger partial charge on any atom is -0.439 e. The van der Waals surface area contributed by atoms with Gasteiger partial charge >= 0.3 is 6.09 Å². The zero-order chi connectivity index (χ0) is 26.4. The van der Waals surface area contributed by atoms with Crippen LogP contribution >= 0.6 is 0 Å². The Kier molecular flexibility index (Phi) is 9.08. The predicted molar refractivity (Wildman–Crippen MR) is 136 cm³/mol. The SMILES string of the molecule is CCCNC(=O)OC(c1[nH]c(C)c(C(=O)NCCN(CC)CC)c1C)C1C(=O)Nc2ccc(F)cc21. The molecule has 0 spiro atoms. The van der Waals surface area contributed by atoms with Gasteiger partial charge in [0, 0.05) is 31.0 Å². The number of ether oxygens (including phenoxy) is 1. The van der Waals surface area contributed by atoms with E-state index in [2.05, 4.69) is 39.7 Å². The molecule has 1 aliphatic heterocycles. The van der Waals surface area contributed by atoms with Crippen molar-refractivity contribution >= 4 is 23.6 Å². The number of H-pyrrole nitrogens is 1. The van der Waals surface area contributed by atoms with Crippen molar-refractivity contribution in [2.24, 2.45) is 0 Å². The van der Waals surface area contributed by atoms with E-state index >= 15 is 0 Å². The second-order valence-electron chi connectivity index (χ2n) is 8.90. The molecule has 0 radical (unpaired) electrons. The molecule has 1 aromatic heterocycles. The molecule has 3 amide bonds. The van der Waals surface area contributed by atoms with E-state index in [1.54, 1.807) is 13.8 Å². The molecule has 2 aromatic rings. The van der Waals surface area contributed by atoms with Crippen LogP contribution in [0, 0.1) is 19.7 Å². The molecule has 0 bridgehead atoms. The highest BCUT2D eigenvalue weighted by molar-refractivity contribution is 6.04. The normalized spacial score (nSPS) is 15.4. The second-order valence-corrected chi connectivity index (χ2v) is 8.90. The van der Waals surface area contributed by atoms with Crippen LogP contribution in [-0.2, 0) is 9.53 Å².